The van der Waals surface area contributed by atoms with E-state index >= 15 is 0 Å². The highest BCUT2D eigenvalue weighted by Gasteiger charge is 2.14. The number of anilines is 2. The van der Waals surface area contributed by atoms with Gasteiger partial charge in [0.15, 0.2) is 0 Å². The molecule has 5 nitrogen and oxygen atoms in total. The van der Waals surface area contributed by atoms with Crippen LogP contribution in [0.5, 0.6) is 0 Å². The molecule has 1 atom stereocenters. The molecule has 1 unspecified atom stereocenters. The van der Waals surface area contributed by atoms with Crippen molar-refractivity contribution in [3.05, 3.63) is 27.3 Å². The Morgan fingerprint density at radius 2 is 2.20 bits per heavy atom. The van der Waals surface area contributed by atoms with Crippen molar-refractivity contribution in [3.8, 4) is 0 Å². The van der Waals surface area contributed by atoms with Crippen LogP contribution in [0, 0.1) is 0 Å². The fourth-order valence-electron chi connectivity index (χ4n) is 1.70. The van der Waals surface area contributed by atoms with Gasteiger partial charge in [-0.1, -0.05) is 13.8 Å². The summed E-state index contributed by atoms with van der Waals surface area (Å²) in [7, 11) is 0. The van der Waals surface area contributed by atoms with Crippen molar-refractivity contribution in [2.75, 3.05) is 17.2 Å². The first-order valence-electron chi connectivity index (χ1n) is 6.67. The summed E-state index contributed by atoms with van der Waals surface area (Å²) in [6.45, 7) is 5.11. The number of aromatic nitrogens is 3. The second-order valence-corrected chi connectivity index (χ2v) is 6.07. The fourth-order valence-corrected chi connectivity index (χ4v) is 2.78. The summed E-state index contributed by atoms with van der Waals surface area (Å²) in [4.78, 5) is 13.1. The average Bonchev–Trinajstić information content (AvgIpc) is 2.99. The minimum Gasteiger partial charge on any atom is -0.360 e. The van der Waals surface area contributed by atoms with Gasteiger partial charge in [-0.2, -0.15) is 4.98 Å². The van der Waals surface area contributed by atoms with Crippen LogP contribution in [0.1, 0.15) is 37.7 Å². The summed E-state index contributed by atoms with van der Waals surface area (Å²) in [5, 5.41) is 9.68. The van der Waals surface area contributed by atoms with E-state index in [1.54, 1.807) is 17.5 Å². The molecule has 0 radical (unpaired) electrons. The van der Waals surface area contributed by atoms with E-state index in [0.717, 1.165) is 34.7 Å². The molecule has 0 saturated carbocycles. The Morgan fingerprint density at radius 3 is 2.85 bits per heavy atom. The Bertz CT molecular complexity index is 532. The van der Waals surface area contributed by atoms with Gasteiger partial charge >= 0.3 is 0 Å². The molecule has 0 aliphatic heterocycles. The lowest BCUT2D eigenvalue weighted by Gasteiger charge is -2.16. The van der Waals surface area contributed by atoms with E-state index in [-0.39, 0.29) is 6.04 Å². The van der Waals surface area contributed by atoms with E-state index < -0.39 is 0 Å². The van der Waals surface area contributed by atoms with Crippen molar-refractivity contribution in [2.45, 2.75) is 32.7 Å². The maximum atomic E-state index is 4.50. The summed E-state index contributed by atoms with van der Waals surface area (Å²) in [5.74, 6) is 1.44. The highest BCUT2D eigenvalue weighted by atomic mass is 79.9. The SMILES string of the molecule is CCCNc1ncc(Br)c(NC(CC)c2nccs2)n1. The molecule has 0 aliphatic rings. The quantitative estimate of drug-likeness (QED) is 0.783. The minimum absolute atomic E-state index is 0.167. The van der Waals surface area contributed by atoms with Gasteiger partial charge in [-0.3, -0.25) is 0 Å². The summed E-state index contributed by atoms with van der Waals surface area (Å²) < 4.78 is 0.856. The number of hydrogen-bond acceptors (Lipinski definition) is 6. The molecule has 2 heterocycles. The molecule has 0 aliphatic carbocycles. The van der Waals surface area contributed by atoms with Crippen molar-refractivity contribution >= 4 is 39.0 Å². The van der Waals surface area contributed by atoms with Crippen LogP contribution in [0.2, 0.25) is 0 Å². The fraction of sp³-hybridized carbons (Fsp3) is 0.462. The highest BCUT2D eigenvalue weighted by molar-refractivity contribution is 9.10. The van der Waals surface area contributed by atoms with Crippen LogP contribution in [-0.2, 0) is 0 Å². The molecule has 2 aromatic rings. The molecule has 20 heavy (non-hydrogen) atoms. The van der Waals surface area contributed by atoms with E-state index in [9.17, 15) is 0 Å². The van der Waals surface area contributed by atoms with Crippen molar-refractivity contribution in [2.24, 2.45) is 0 Å². The van der Waals surface area contributed by atoms with Gasteiger partial charge in [0.05, 0.1) is 10.5 Å². The van der Waals surface area contributed by atoms with Crippen molar-refractivity contribution < 1.29 is 0 Å². The second-order valence-electron chi connectivity index (χ2n) is 4.29. The van der Waals surface area contributed by atoms with Crippen LogP contribution in [-0.4, -0.2) is 21.5 Å². The van der Waals surface area contributed by atoms with Crippen LogP contribution in [0.4, 0.5) is 11.8 Å². The van der Waals surface area contributed by atoms with Crippen LogP contribution >= 0.6 is 27.3 Å². The first-order chi connectivity index (χ1) is 9.74. The molecule has 0 saturated heterocycles. The first kappa shape index (κ1) is 15.2. The number of hydrogen-bond donors (Lipinski definition) is 2. The van der Waals surface area contributed by atoms with Crippen LogP contribution in [0.15, 0.2) is 22.2 Å². The van der Waals surface area contributed by atoms with Crippen molar-refractivity contribution in [1.82, 2.24) is 15.0 Å². The minimum atomic E-state index is 0.167. The van der Waals surface area contributed by atoms with Gasteiger partial charge in [-0.05, 0) is 28.8 Å². The van der Waals surface area contributed by atoms with E-state index in [4.69, 9.17) is 0 Å². The van der Waals surface area contributed by atoms with E-state index in [1.807, 2.05) is 11.6 Å². The predicted molar refractivity (Wildman–Crippen MR) is 87.3 cm³/mol. The molecule has 0 spiro atoms. The summed E-state index contributed by atoms with van der Waals surface area (Å²) in [5.41, 5.74) is 0. The lowest BCUT2D eigenvalue weighted by Crippen LogP contribution is -2.13. The first-order valence-corrected chi connectivity index (χ1v) is 8.34. The Kier molecular flexibility index (Phi) is 5.72. The lowest BCUT2D eigenvalue weighted by atomic mass is 10.2. The number of nitrogens with zero attached hydrogens (tertiary/aromatic N) is 3. The zero-order valence-electron chi connectivity index (χ0n) is 11.6. The third kappa shape index (κ3) is 3.89. The molecule has 0 amide bonds. The molecule has 2 aromatic heterocycles. The zero-order chi connectivity index (χ0) is 14.4. The van der Waals surface area contributed by atoms with Crippen molar-refractivity contribution in [3.63, 3.8) is 0 Å². The molecule has 0 aromatic carbocycles. The number of thiazole rings is 1. The summed E-state index contributed by atoms with van der Waals surface area (Å²) in [6, 6.07) is 0.167. The number of rotatable bonds is 7. The second kappa shape index (κ2) is 7.54. The maximum absolute atomic E-state index is 4.50. The van der Waals surface area contributed by atoms with Gasteiger partial charge in [-0.25, -0.2) is 9.97 Å². The molecule has 108 valence electrons. The van der Waals surface area contributed by atoms with Crippen LogP contribution in [0.25, 0.3) is 0 Å². The van der Waals surface area contributed by atoms with Gasteiger partial charge in [-0.15, -0.1) is 11.3 Å². The Labute approximate surface area is 131 Å². The normalized spacial score (nSPS) is 12.2. The van der Waals surface area contributed by atoms with Gasteiger partial charge in [0.25, 0.3) is 0 Å². The molecule has 0 bridgehead atoms. The lowest BCUT2D eigenvalue weighted by molar-refractivity contribution is 0.736. The van der Waals surface area contributed by atoms with E-state index in [2.05, 4.69) is 55.4 Å². The van der Waals surface area contributed by atoms with E-state index in [0.29, 0.717) is 5.95 Å². The molecule has 7 heteroatoms. The largest absolute Gasteiger partial charge is 0.360 e. The number of halogens is 1. The highest BCUT2D eigenvalue weighted by Crippen LogP contribution is 2.27. The van der Waals surface area contributed by atoms with Gasteiger partial charge < -0.3 is 10.6 Å². The predicted octanol–water partition coefficient (Wildman–Crippen LogP) is 4.08. The topological polar surface area (TPSA) is 62.7 Å². The van der Waals surface area contributed by atoms with E-state index in [1.165, 1.54) is 0 Å². The average molecular weight is 356 g/mol. The Hall–Kier alpha value is -1.21. The Morgan fingerprint density at radius 1 is 1.35 bits per heavy atom. The van der Waals surface area contributed by atoms with Crippen LogP contribution < -0.4 is 10.6 Å². The van der Waals surface area contributed by atoms with Gasteiger partial charge in [0.2, 0.25) is 5.95 Å². The third-order valence-corrected chi connectivity index (χ3v) is 4.22. The molecular weight excluding hydrogens is 338 g/mol. The molecular formula is C13H18BrN5S. The molecule has 2 N–H and O–H groups in total. The standard InChI is InChI=1S/C13H18BrN5S/c1-3-5-16-13-17-8-9(14)11(19-13)18-10(4-2)12-15-6-7-20-12/h6-8,10H,3-5H2,1-2H3,(H2,16,17,18,19). The van der Waals surface area contributed by atoms with Gasteiger partial charge in [0.1, 0.15) is 10.8 Å². The number of nitrogens with one attached hydrogen (secondary N) is 2. The summed E-state index contributed by atoms with van der Waals surface area (Å²) in [6.07, 6.45) is 5.58. The smallest absolute Gasteiger partial charge is 0.224 e. The van der Waals surface area contributed by atoms with Gasteiger partial charge in [0, 0.05) is 24.3 Å². The maximum Gasteiger partial charge on any atom is 0.224 e. The van der Waals surface area contributed by atoms with Crippen LogP contribution in [0.3, 0.4) is 0 Å². The third-order valence-electron chi connectivity index (χ3n) is 2.75. The summed E-state index contributed by atoms with van der Waals surface area (Å²) >= 11 is 5.14. The molecule has 2 rings (SSSR count). The van der Waals surface area contributed by atoms with Crippen molar-refractivity contribution in [1.29, 1.82) is 0 Å². The zero-order valence-corrected chi connectivity index (χ0v) is 14.0. The monoisotopic (exact) mass is 355 g/mol. The molecule has 0 fully saturated rings. The Balaban J connectivity index is 2.14.